The predicted molar refractivity (Wildman–Crippen MR) is 76.3 cm³/mol. The van der Waals surface area contributed by atoms with Crippen molar-refractivity contribution < 1.29 is 9.13 Å². The first-order valence-electron chi connectivity index (χ1n) is 6.82. The molecule has 1 rings (SSSR count). The first kappa shape index (κ1) is 16.1. The molecule has 2 N–H and O–H groups in total. The van der Waals surface area contributed by atoms with Crippen LogP contribution in [0.5, 0.6) is 0 Å². The fraction of sp³-hybridized carbons (Fsp3) is 0.600. The van der Waals surface area contributed by atoms with E-state index < -0.39 is 0 Å². The third-order valence-electron chi connectivity index (χ3n) is 3.56. The molecule has 3 nitrogen and oxygen atoms in total. The molecule has 4 heteroatoms. The largest absolute Gasteiger partial charge is 0.383 e. The molecule has 0 bridgehead atoms. The molecule has 0 heterocycles. The third-order valence-corrected chi connectivity index (χ3v) is 3.56. The van der Waals surface area contributed by atoms with Gasteiger partial charge in [-0.15, -0.1) is 0 Å². The van der Waals surface area contributed by atoms with E-state index >= 15 is 0 Å². The Labute approximate surface area is 115 Å². The Kier molecular flexibility index (Phi) is 6.99. The molecule has 0 aromatic heterocycles. The van der Waals surface area contributed by atoms with E-state index in [1.165, 1.54) is 12.1 Å². The van der Waals surface area contributed by atoms with Crippen LogP contribution in [0.3, 0.4) is 0 Å². The van der Waals surface area contributed by atoms with E-state index in [9.17, 15) is 4.39 Å². The van der Waals surface area contributed by atoms with Crippen LogP contribution in [0.2, 0.25) is 0 Å². The molecular weight excluding hydrogens is 243 g/mol. The summed E-state index contributed by atoms with van der Waals surface area (Å²) < 4.78 is 18.4. The smallest absolute Gasteiger partial charge is 0.123 e. The van der Waals surface area contributed by atoms with Crippen LogP contribution in [0.4, 0.5) is 4.39 Å². The zero-order valence-corrected chi connectivity index (χ0v) is 12.2. The molecule has 0 saturated heterocycles. The van der Waals surface area contributed by atoms with Crippen molar-refractivity contribution in [2.75, 3.05) is 20.3 Å². The van der Waals surface area contributed by atoms with Gasteiger partial charge in [-0.25, -0.2) is 4.39 Å². The van der Waals surface area contributed by atoms with Gasteiger partial charge in [-0.1, -0.05) is 13.0 Å². The van der Waals surface area contributed by atoms with E-state index in [1.54, 1.807) is 7.11 Å². The molecule has 0 saturated carbocycles. The van der Waals surface area contributed by atoms with E-state index in [0.717, 1.165) is 30.6 Å². The van der Waals surface area contributed by atoms with Crippen LogP contribution in [-0.2, 0) is 17.8 Å². The lowest BCUT2D eigenvalue weighted by atomic mass is 10.1. The highest BCUT2D eigenvalue weighted by molar-refractivity contribution is 5.27. The average Bonchev–Trinajstić information content (AvgIpc) is 2.43. The Bertz CT molecular complexity index is 384. The molecule has 0 spiro atoms. The molecule has 0 aliphatic carbocycles. The number of benzene rings is 1. The van der Waals surface area contributed by atoms with Gasteiger partial charge < -0.3 is 10.5 Å². The molecule has 1 aromatic carbocycles. The molecule has 0 aliphatic rings. The number of hydrogen-bond acceptors (Lipinski definition) is 3. The van der Waals surface area contributed by atoms with Gasteiger partial charge >= 0.3 is 0 Å². The van der Waals surface area contributed by atoms with Gasteiger partial charge in [0, 0.05) is 32.8 Å². The summed E-state index contributed by atoms with van der Waals surface area (Å²) >= 11 is 0. The highest BCUT2D eigenvalue weighted by Gasteiger charge is 2.14. The Hall–Kier alpha value is -0.970. The van der Waals surface area contributed by atoms with Gasteiger partial charge in [-0.3, -0.25) is 4.90 Å². The van der Waals surface area contributed by atoms with Gasteiger partial charge in [-0.05, 0) is 36.6 Å². The van der Waals surface area contributed by atoms with Crippen molar-refractivity contribution in [3.63, 3.8) is 0 Å². The first-order valence-corrected chi connectivity index (χ1v) is 6.82. The third kappa shape index (κ3) is 4.90. The summed E-state index contributed by atoms with van der Waals surface area (Å²) in [5.41, 5.74) is 7.67. The van der Waals surface area contributed by atoms with Crippen molar-refractivity contribution >= 4 is 0 Å². The molecule has 0 radical (unpaired) electrons. The Morgan fingerprint density at radius 2 is 2.11 bits per heavy atom. The fourth-order valence-electron chi connectivity index (χ4n) is 2.08. The lowest BCUT2D eigenvalue weighted by molar-refractivity contribution is 0.118. The number of hydrogen-bond donors (Lipinski definition) is 1. The van der Waals surface area contributed by atoms with Crippen molar-refractivity contribution in [1.29, 1.82) is 0 Å². The number of nitrogens with zero attached hydrogens (tertiary/aromatic N) is 1. The van der Waals surface area contributed by atoms with Crippen molar-refractivity contribution in [2.24, 2.45) is 5.73 Å². The van der Waals surface area contributed by atoms with Crippen LogP contribution in [0.1, 0.15) is 31.4 Å². The van der Waals surface area contributed by atoms with E-state index in [0.29, 0.717) is 19.2 Å². The van der Waals surface area contributed by atoms with Gasteiger partial charge in [0.15, 0.2) is 0 Å². The van der Waals surface area contributed by atoms with Gasteiger partial charge in [0.1, 0.15) is 5.82 Å². The molecule has 19 heavy (non-hydrogen) atoms. The average molecular weight is 268 g/mol. The second kappa shape index (κ2) is 8.25. The summed E-state index contributed by atoms with van der Waals surface area (Å²) in [5.74, 6) is -0.226. The summed E-state index contributed by atoms with van der Waals surface area (Å²) in [6.07, 6.45) is 1.07. The number of ether oxygens (including phenoxy) is 1. The van der Waals surface area contributed by atoms with Crippen molar-refractivity contribution in [2.45, 2.75) is 39.4 Å². The minimum atomic E-state index is -0.226. The lowest BCUT2D eigenvalue weighted by Crippen LogP contribution is -2.35. The van der Waals surface area contributed by atoms with Crippen LogP contribution in [0.15, 0.2) is 18.2 Å². The summed E-state index contributed by atoms with van der Waals surface area (Å²) in [6, 6.07) is 5.32. The second-order valence-electron chi connectivity index (χ2n) is 4.84. The molecule has 0 amide bonds. The van der Waals surface area contributed by atoms with Gasteiger partial charge in [-0.2, -0.15) is 0 Å². The number of nitrogens with two attached hydrogens (primary N) is 1. The molecule has 1 atom stereocenters. The van der Waals surface area contributed by atoms with Crippen LogP contribution in [-0.4, -0.2) is 31.2 Å². The Morgan fingerprint density at radius 1 is 1.37 bits per heavy atom. The maximum Gasteiger partial charge on any atom is 0.123 e. The maximum atomic E-state index is 13.2. The lowest BCUT2D eigenvalue weighted by Gasteiger charge is -2.29. The van der Waals surface area contributed by atoms with Crippen LogP contribution in [0.25, 0.3) is 0 Å². The predicted octanol–water partition coefficient (Wildman–Crippen LogP) is 2.53. The number of methoxy groups -OCH3 is 1. The summed E-state index contributed by atoms with van der Waals surface area (Å²) in [4.78, 5) is 2.34. The van der Waals surface area contributed by atoms with E-state index in [4.69, 9.17) is 10.5 Å². The molecule has 108 valence electrons. The van der Waals surface area contributed by atoms with Crippen LogP contribution in [0, 0.1) is 5.82 Å². The normalized spacial score (nSPS) is 12.9. The van der Waals surface area contributed by atoms with Crippen molar-refractivity contribution in [3.8, 4) is 0 Å². The Morgan fingerprint density at radius 3 is 2.68 bits per heavy atom. The minimum absolute atomic E-state index is 0.226. The second-order valence-corrected chi connectivity index (χ2v) is 4.84. The molecule has 1 unspecified atom stereocenters. The Balaban J connectivity index is 2.82. The number of halogens is 1. The molecule has 1 aromatic rings. The van der Waals surface area contributed by atoms with Crippen LogP contribution < -0.4 is 5.73 Å². The summed E-state index contributed by atoms with van der Waals surface area (Å²) in [6.45, 7) is 7.08. The summed E-state index contributed by atoms with van der Waals surface area (Å²) in [5, 5.41) is 0. The maximum absolute atomic E-state index is 13.2. The summed E-state index contributed by atoms with van der Waals surface area (Å²) in [7, 11) is 1.71. The standard InChI is InChI=1S/C15H25FN2O/c1-4-12(2)18(7-8-19-3)11-13-5-6-15(16)9-14(13)10-17/h5-6,9,12H,4,7-8,10-11,17H2,1-3H3. The zero-order chi connectivity index (χ0) is 14.3. The van der Waals surface area contributed by atoms with Gasteiger partial charge in [0.2, 0.25) is 0 Å². The van der Waals surface area contributed by atoms with Gasteiger partial charge in [0.25, 0.3) is 0 Å². The van der Waals surface area contributed by atoms with E-state index in [-0.39, 0.29) is 5.82 Å². The monoisotopic (exact) mass is 268 g/mol. The minimum Gasteiger partial charge on any atom is -0.383 e. The highest BCUT2D eigenvalue weighted by Crippen LogP contribution is 2.16. The molecule has 0 aliphatic heterocycles. The van der Waals surface area contributed by atoms with Gasteiger partial charge in [0.05, 0.1) is 6.61 Å². The first-order chi connectivity index (χ1) is 9.12. The van der Waals surface area contributed by atoms with E-state index in [1.807, 2.05) is 6.07 Å². The topological polar surface area (TPSA) is 38.5 Å². The van der Waals surface area contributed by atoms with Crippen LogP contribution >= 0.6 is 0 Å². The van der Waals surface area contributed by atoms with Crippen molar-refractivity contribution in [3.05, 3.63) is 35.1 Å². The fourth-order valence-corrected chi connectivity index (χ4v) is 2.08. The zero-order valence-electron chi connectivity index (χ0n) is 12.2. The highest BCUT2D eigenvalue weighted by atomic mass is 19.1. The molecular formula is C15H25FN2O. The number of rotatable bonds is 8. The van der Waals surface area contributed by atoms with E-state index in [2.05, 4.69) is 18.7 Å². The quantitative estimate of drug-likeness (QED) is 0.787. The SMILES string of the molecule is CCC(C)N(CCOC)Cc1ccc(F)cc1CN. The molecule has 0 fully saturated rings. The van der Waals surface area contributed by atoms with Crippen molar-refractivity contribution in [1.82, 2.24) is 4.90 Å².